The summed E-state index contributed by atoms with van der Waals surface area (Å²) in [6.45, 7) is 0.819. The Balaban J connectivity index is 1.47. The molecule has 5 aromatic rings. The quantitative estimate of drug-likeness (QED) is 0.409. The van der Waals surface area contributed by atoms with Gasteiger partial charge in [0.2, 0.25) is 5.91 Å². The van der Waals surface area contributed by atoms with Crippen LogP contribution in [0.5, 0.6) is 0 Å². The number of carbonyl (C=O) groups is 1. The summed E-state index contributed by atoms with van der Waals surface area (Å²) in [6.07, 6.45) is 12.3. The third-order valence-corrected chi connectivity index (χ3v) is 4.94. The number of nitrogens with zero attached hydrogens (tertiary/aromatic N) is 5. The smallest absolute Gasteiger partial charge is 0.247 e. The summed E-state index contributed by atoms with van der Waals surface area (Å²) < 4.78 is 9.29. The molecular weight excluding hydrogens is 378 g/mol. The molecule has 0 aliphatic carbocycles. The molecule has 0 saturated heterocycles. The lowest BCUT2D eigenvalue weighted by Crippen LogP contribution is -2.29. The molecule has 5 aromatic heterocycles. The molecule has 5 heterocycles. The molecule has 0 bridgehead atoms. The SMILES string of the molecule is O=C(/C=C/c1ccco1)N(Cc1cnc2ccccn12)Cc1cnc2ccccn12. The van der Waals surface area contributed by atoms with Crippen LogP contribution < -0.4 is 0 Å². The van der Waals surface area contributed by atoms with Crippen molar-refractivity contribution in [1.82, 2.24) is 23.7 Å². The summed E-state index contributed by atoms with van der Waals surface area (Å²) in [5.41, 5.74) is 3.56. The van der Waals surface area contributed by atoms with Crippen LogP contribution in [0.15, 0.2) is 90.1 Å². The van der Waals surface area contributed by atoms with Gasteiger partial charge in [-0.05, 0) is 42.5 Å². The van der Waals surface area contributed by atoms with E-state index in [1.165, 1.54) is 6.08 Å². The van der Waals surface area contributed by atoms with E-state index >= 15 is 0 Å². The van der Waals surface area contributed by atoms with Crippen molar-refractivity contribution in [2.75, 3.05) is 0 Å². The molecule has 5 rings (SSSR count). The number of carbonyl (C=O) groups excluding carboxylic acids is 1. The molecule has 1 amide bonds. The molecule has 7 heteroatoms. The van der Waals surface area contributed by atoms with Crippen LogP contribution in [0.3, 0.4) is 0 Å². The molecule has 7 nitrogen and oxygen atoms in total. The van der Waals surface area contributed by atoms with E-state index in [1.54, 1.807) is 35.7 Å². The molecule has 30 heavy (non-hydrogen) atoms. The Hall–Kier alpha value is -4.13. The highest BCUT2D eigenvalue weighted by Crippen LogP contribution is 2.15. The first-order chi connectivity index (χ1) is 14.8. The summed E-state index contributed by atoms with van der Waals surface area (Å²) in [5.74, 6) is 0.510. The van der Waals surface area contributed by atoms with Crippen LogP contribution in [0.25, 0.3) is 17.4 Å². The van der Waals surface area contributed by atoms with E-state index in [2.05, 4.69) is 9.97 Å². The first-order valence-corrected chi connectivity index (χ1v) is 9.60. The number of fused-ring (bicyclic) bond motifs is 2. The highest BCUT2D eigenvalue weighted by atomic mass is 16.3. The summed E-state index contributed by atoms with van der Waals surface area (Å²) >= 11 is 0. The Labute approximate surface area is 172 Å². The predicted octanol–water partition coefficient (Wildman–Crippen LogP) is 3.82. The average Bonchev–Trinajstić information content (AvgIpc) is 3.52. The van der Waals surface area contributed by atoms with Gasteiger partial charge in [0.1, 0.15) is 17.1 Å². The summed E-state index contributed by atoms with van der Waals surface area (Å²) in [4.78, 5) is 23.7. The fourth-order valence-corrected chi connectivity index (χ4v) is 3.45. The number of amides is 1. The van der Waals surface area contributed by atoms with Crippen LogP contribution in [-0.2, 0) is 17.9 Å². The van der Waals surface area contributed by atoms with Crippen molar-refractivity contribution in [2.45, 2.75) is 13.1 Å². The zero-order valence-corrected chi connectivity index (χ0v) is 16.1. The van der Waals surface area contributed by atoms with Crippen molar-refractivity contribution in [3.63, 3.8) is 0 Å². The van der Waals surface area contributed by atoms with Crippen molar-refractivity contribution in [1.29, 1.82) is 0 Å². The second-order valence-electron chi connectivity index (χ2n) is 6.90. The molecule has 0 spiro atoms. The van der Waals surface area contributed by atoms with Crippen molar-refractivity contribution < 1.29 is 9.21 Å². The van der Waals surface area contributed by atoms with Gasteiger partial charge in [0, 0.05) is 18.5 Å². The highest BCUT2D eigenvalue weighted by molar-refractivity contribution is 5.91. The van der Waals surface area contributed by atoms with Gasteiger partial charge in [0.15, 0.2) is 0 Å². The Morgan fingerprint density at radius 1 is 0.900 bits per heavy atom. The molecule has 0 atom stereocenters. The van der Waals surface area contributed by atoms with Crippen molar-refractivity contribution in [3.05, 3.63) is 103 Å². The van der Waals surface area contributed by atoms with Crippen LogP contribution >= 0.6 is 0 Å². The predicted molar refractivity (Wildman–Crippen MR) is 112 cm³/mol. The fourth-order valence-electron chi connectivity index (χ4n) is 3.45. The molecule has 0 unspecified atom stereocenters. The molecule has 0 aromatic carbocycles. The van der Waals surface area contributed by atoms with E-state index in [9.17, 15) is 4.79 Å². The van der Waals surface area contributed by atoms with Crippen LogP contribution in [0, 0.1) is 0 Å². The summed E-state index contributed by atoms with van der Waals surface area (Å²) in [7, 11) is 0. The van der Waals surface area contributed by atoms with Gasteiger partial charge < -0.3 is 18.1 Å². The van der Waals surface area contributed by atoms with Gasteiger partial charge in [0.05, 0.1) is 43.1 Å². The van der Waals surface area contributed by atoms with E-state index in [-0.39, 0.29) is 5.91 Å². The van der Waals surface area contributed by atoms with Gasteiger partial charge >= 0.3 is 0 Å². The normalized spacial score (nSPS) is 11.6. The monoisotopic (exact) mass is 397 g/mol. The average molecular weight is 397 g/mol. The minimum absolute atomic E-state index is 0.122. The van der Waals surface area contributed by atoms with Crippen LogP contribution in [-0.4, -0.2) is 29.6 Å². The van der Waals surface area contributed by atoms with E-state index in [4.69, 9.17) is 4.42 Å². The number of aromatic nitrogens is 4. The van der Waals surface area contributed by atoms with Gasteiger partial charge in [-0.1, -0.05) is 12.1 Å². The van der Waals surface area contributed by atoms with Crippen LogP contribution in [0.1, 0.15) is 17.1 Å². The zero-order valence-electron chi connectivity index (χ0n) is 16.1. The van der Waals surface area contributed by atoms with Gasteiger partial charge in [-0.15, -0.1) is 0 Å². The van der Waals surface area contributed by atoms with E-state index in [1.807, 2.05) is 63.7 Å². The fraction of sp³-hybridized carbons (Fsp3) is 0.0870. The summed E-state index contributed by atoms with van der Waals surface area (Å²) in [5, 5.41) is 0. The maximum absolute atomic E-state index is 13.1. The van der Waals surface area contributed by atoms with E-state index in [0.717, 1.165) is 22.7 Å². The number of rotatable bonds is 6. The molecular formula is C23H19N5O2. The van der Waals surface area contributed by atoms with Crippen molar-refractivity contribution in [3.8, 4) is 0 Å². The number of hydrogen-bond acceptors (Lipinski definition) is 4. The molecule has 0 radical (unpaired) electrons. The third kappa shape index (κ3) is 3.48. The van der Waals surface area contributed by atoms with Gasteiger partial charge in [0.25, 0.3) is 0 Å². The highest BCUT2D eigenvalue weighted by Gasteiger charge is 2.17. The number of pyridine rings is 2. The minimum atomic E-state index is -0.122. The van der Waals surface area contributed by atoms with Crippen molar-refractivity contribution >= 4 is 23.3 Å². The summed E-state index contributed by atoms with van der Waals surface area (Å²) in [6, 6.07) is 15.3. The van der Waals surface area contributed by atoms with Gasteiger partial charge in [-0.3, -0.25) is 4.79 Å². The first-order valence-electron chi connectivity index (χ1n) is 9.60. The lowest BCUT2D eigenvalue weighted by Gasteiger charge is -2.21. The van der Waals surface area contributed by atoms with E-state index in [0.29, 0.717) is 18.8 Å². The number of furan rings is 1. The van der Waals surface area contributed by atoms with Crippen LogP contribution in [0.4, 0.5) is 0 Å². The maximum atomic E-state index is 13.1. The lowest BCUT2D eigenvalue weighted by molar-refractivity contribution is -0.127. The molecule has 0 aliphatic rings. The number of imidazole rings is 2. The zero-order chi connectivity index (χ0) is 20.3. The molecule has 0 saturated carbocycles. The molecule has 0 fully saturated rings. The molecule has 0 aliphatic heterocycles. The lowest BCUT2D eigenvalue weighted by atomic mass is 10.3. The second-order valence-corrected chi connectivity index (χ2v) is 6.90. The topological polar surface area (TPSA) is 68.0 Å². The van der Waals surface area contributed by atoms with Gasteiger partial charge in [-0.2, -0.15) is 0 Å². The molecule has 148 valence electrons. The maximum Gasteiger partial charge on any atom is 0.247 e. The Kier molecular flexibility index (Phi) is 4.61. The largest absolute Gasteiger partial charge is 0.465 e. The molecule has 0 N–H and O–H groups in total. The standard InChI is InChI=1S/C23H19N5O2/c29-23(10-9-20-6-5-13-30-20)26(16-18-14-24-21-7-1-3-11-27(18)21)17-19-15-25-22-8-2-4-12-28(19)22/h1-15H,16-17H2/b10-9+. The van der Waals surface area contributed by atoms with Crippen LogP contribution in [0.2, 0.25) is 0 Å². The van der Waals surface area contributed by atoms with Crippen molar-refractivity contribution in [2.24, 2.45) is 0 Å². The van der Waals surface area contributed by atoms with Gasteiger partial charge in [-0.25, -0.2) is 9.97 Å². The number of hydrogen-bond donors (Lipinski definition) is 0. The second kappa shape index (κ2) is 7.71. The Bertz CT molecular complexity index is 1250. The Morgan fingerprint density at radius 3 is 2.10 bits per heavy atom. The third-order valence-electron chi connectivity index (χ3n) is 4.94. The first kappa shape index (κ1) is 17.9. The Morgan fingerprint density at radius 2 is 1.53 bits per heavy atom. The van der Waals surface area contributed by atoms with E-state index < -0.39 is 0 Å². The minimum Gasteiger partial charge on any atom is -0.465 e.